The lowest BCUT2D eigenvalue weighted by Gasteiger charge is -2.25. The molecule has 1 aromatic rings. The minimum Gasteiger partial charge on any atom is -0.370 e. The van der Waals surface area contributed by atoms with Crippen molar-refractivity contribution in [3.8, 4) is 0 Å². The van der Waals surface area contributed by atoms with Crippen LogP contribution >= 0.6 is 0 Å². The van der Waals surface area contributed by atoms with Gasteiger partial charge in [0.05, 0.1) is 0 Å². The van der Waals surface area contributed by atoms with Gasteiger partial charge in [-0.2, -0.15) is 0 Å². The predicted molar refractivity (Wildman–Crippen MR) is 81.5 cm³/mol. The molecule has 1 heterocycles. The molecule has 0 saturated carbocycles. The summed E-state index contributed by atoms with van der Waals surface area (Å²) in [5.41, 5.74) is 5.55. The molecule has 0 unspecified atom stereocenters. The standard InChI is InChI=1S/C14H27N5/c1-10(2)6-7-16-12-8-13(18-11(3)17-12)19-14(4,5)9-15/h8,10H,6-7,9,15H2,1-5H3,(H2,16,17,18,19). The fraction of sp³-hybridized carbons (Fsp3) is 0.714. The first-order valence-corrected chi connectivity index (χ1v) is 6.90. The topological polar surface area (TPSA) is 75.9 Å². The predicted octanol–water partition coefficient (Wildman–Crippen LogP) is 2.39. The molecule has 108 valence electrons. The SMILES string of the molecule is Cc1nc(NCCC(C)C)cc(NC(C)(C)CN)n1. The summed E-state index contributed by atoms with van der Waals surface area (Å²) in [4.78, 5) is 8.79. The fourth-order valence-electron chi connectivity index (χ4n) is 1.61. The maximum Gasteiger partial charge on any atom is 0.132 e. The van der Waals surface area contributed by atoms with Crippen molar-refractivity contribution < 1.29 is 0 Å². The Morgan fingerprint density at radius 2 is 1.89 bits per heavy atom. The number of nitrogens with two attached hydrogens (primary N) is 1. The summed E-state index contributed by atoms with van der Waals surface area (Å²) in [6, 6.07) is 1.94. The van der Waals surface area contributed by atoms with Gasteiger partial charge in [0, 0.05) is 24.7 Å². The molecule has 5 heteroatoms. The van der Waals surface area contributed by atoms with E-state index in [1.54, 1.807) is 0 Å². The highest BCUT2D eigenvalue weighted by molar-refractivity contribution is 5.48. The van der Waals surface area contributed by atoms with Crippen molar-refractivity contribution >= 4 is 11.6 Å². The highest BCUT2D eigenvalue weighted by Gasteiger charge is 2.16. The smallest absolute Gasteiger partial charge is 0.132 e. The van der Waals surface area contributed by atoms with Crippen LogP contribution in [-0.4, -0.2) is 28.6 Å². The Morgan fingerprint density at radius 3 is 2.47 bits per heavy atom. The second-order valence-corrected chi connectivity index (χ2v) is 6.01. The summed E-state index contributed by atoms with van der Waals surface area (Å²) >= 11 is 0. The van der Waals surface area contributed by atoms with Crippen molar-refractivity contribution in [2.75, 3.05) is 23.7 Å². The number of aryl methyl sites for hydroxylation is 1. The van der Waals surface area contributed by atoms with Gasteiger partial charge in [0.15, 0.2) is 0 Å². The van der Waals surface area contributed by atoms with Crippen LogP contribution in [0.3, 0.4) is 0 Å². The third-order valence-electron chi connectivity index (χ3n) is 2.84. The van der Waals surface area contributed by atoms with Crippen molar-refractivity contribution in [2.24, 2.45) is 11.7 Å². The van der Waals surface area contributed by atoms with Gasteiger partial charge in [0.1, 0.15) is 17.5 Å². The first-order valence-electron chi connectivity index (χ1n) is 6.90. The first kappa shape index (κ1) is 15.7. The van der Waals surface area contributed by atoms with Crippen LogP contribution in [-0.2, 0) is 0 Å². The number of hydrogen-bond acceptors (Lipinski definition) is 5. The summed E-state index contributed by atoms with van der Waals surface area (Å²) in [5.74, 6) is 3.12. The molecular formula is C14H27N5. The zero-order valence-electron chi connectivity index (χ0n) is 12.7. The summed E-state index contributed by atoms with van der Waals surface area (Å²) < 4.78 is 0. The lowest BCUT2D eigenvalue weighted by molar-refractivity contribution is 0.576. The maximum atomic E-state index is 5.72. The van der Waals surface area contributed by atoms with Crippen molar-refractivity contribution in [2.45, 2.75) is 46.6 Å². The first-order chi connectivity index (χ1) is 8.82. The van der Waals surface area contributed by atoms with Crippen LogP contribution in [0.25, 0.3) is 0 Å². The zero-order valence-corrected chi connectivity index (χ0v) is 12.7. The Balaban J connectivity index is 2.71. The molecule has 0 spiro atoms. The molecule has 19 heavy (non-hydrogen) atoms. The van der Waals surface area contributed by atoms with Gasteiger partial charge in [-0.3, -0.25) is 0 Å². The average molecular weight is 265 g/mol. The van der Waals surface area contributed by atoms with E-state index in [1.807, 2.05) is 13.0 Å². The minimum atomic E-state index is -0.171. The molecule has 0 aliphatic carbocycles. The molecule has 0 aliphatic rings. The maximum absolute atomic E-state index is 5.72. The third kappa shape index (κ3) is 5.87. The number of nitrogens with one attached hydrogen (secondary N) is 2. The summed E-state index contributed by atoms with van der Waals surface area (Å²) in [6.07, 6.45) is 1.13. The Bertz CT molecular complexity index is 401. The van der Waals surface area contributed by atoms with Gasteiger partial charge in [0.25, 0.3) is 0 Å². The molecule has 0 atom stereocenters. The molecule has 0 aromatic carbocycles. The number of hydrogen-bond donors (Lipinski definition) is 3. The second kappa shape index (κ2) is 6.70. The molecule has 1 aromatic heterocycles. The largest absolute Gasteiger partial charge is 0.370 e. The van der Waals surface area contributed by atoms with Crippen molar-refractivity contribution in [3.05, 3.63) is 11.9 Å². The van der Waals surface area contributed by atoms with Crippen LogP contribution in [0.5, 0.6) is 0 Å². The molecule has 4 N–H and O–H groups in total. The van der Waals surface area contributed by atoms with Crippen LogP contribution in [0.2, 0.25) is 0 Å². The van der Waals surface area contributed by atoms with Gasteiger partial charge in [-0.15, -0.1) is 0 Å². The highest BCUT2D eigenvalue weighted by Crippen LogP contribution is 2.16. The summed E-state index contributed by atoms with van der Waals surface area (Å²) in [6.45, 7) is 11.9. The van der Waals surface area contributed by atoms with Gasteiger partial charge < -0.3 is 16.4 Å². The second-order valence-electron chi connectivity index (χ2n) is 6.01. The molecule has 0 fully saturated rings. The summed E-state index contributed by atoms with van der Waals surface area (Å²) in [5, 5.41) is 6.67. The van der Waals surface area contributed by atoms with E-state index in [0.29, 0.717) is 12.5 Å². The van der Waals surface area contributed by atoms with Gasteiger partial charge in [-0.1, -0.05) is 13.8 Å². The molecule has 0 amide bonds. The lowest BCUT2D eigenvalue weighted by atomic mass is 10.1. The van der Waals surface area contributed by atoms with E-state index in [2.05, 4.69) is 48.3 Å². The minimum absolute atomic E-state index is 0.171. The Kier molecular flexibility index (Phi) is 5.54. The van der Waals surface area contributed by atoms with Gasteiger partial charge in [-0.25, -0.2) is 9.97 Å². The van der Waals surface area contributed by atoms with Gasteiger partial charge in [-0.05, 0) is 33.1 Å². The molecular weight excluding hydrogens is 238 g/mol. The van der Waals surface area contributed by atoms with Crippen LogP contribution in [0.15, 0.2) is 6.07 Å². The van der Waals surface area contributed by atoms with E-state index in [4.69, 9.17) is 5.73 Å². The molecule has 1 rings (SSSR count). The Labute approximate surface area is 116 Å². The van der Waals surface area contributed by atoms with Crippen LogP contribution in [0.1, 0.15) is 39.9 Å². The van der Waals surface area contributed by atoms with Crippen molar-refractivity contribution in [1.29, 1.82) is 0 Å². The fourth-order valence-corrected chi connectivity index (χ4v) is 1.61. The van der Waals surface area contributed by atoms with Gasteiger partial charge >= 0.3 is 0 Å². The zero-order chi connectivity index (χ0) is 14.5. The normalized spacial score (nSPS) is 11.7. The Hall–Kier alpha value is -1.36. The van der Waals surface area contributed by atoms with Crippen LogP contribution < -0.4 is 16.4 Å². The van der Waals surface area contributed by atoms with E-state index in [-0.39, 0.29) is 5.54 Å². The van der Waals surface area contributed by atoms with E-state index in [0.717, 1.165) is 30.4 Å². The lowest BCUT2D eigenvalue weighted by Crippen LogP contribution is -2.39. The van der Waals surface area contributed by atoms with Gasteiger partial charge in [0.2, 0.25) is 0 Å². The quantitative estimate of drug-likeness (QED) is 0.706. The van der Waals surface area contributed by atoms with E-state index < -0.39 is 0 Å². The van der Waals surface area contributed by atoms with Crippen molar-refractivity contribution in [3.63, 3.8) is 0 Å². The van der Waals surface area contributed by atoms with E-state index in [9.17, 15) is 0 Å². The van der Waals surface area contributed by atoms with E-state index >= 15 is 0 Å². The Morgan fingerprint density at radius 1 is 1.26 bits per heavy atom. The number of nitrogens with zero attached hydrogens (tertiary/aromatic N) is 2. The average Bonchev–Trinajstić information content (AvgIpc) is 2.27. The highest BCUT2D eigenvalue weighted by atomic mass is 15.1. The van der Waals surface area contributed by atoms with Crippen LogP contribution in [0.4, 0.5) is 11.6 Å². The molecule has 0 bridgehead atoms. The molecule has 5 nitrogen and oxygen atoms in total. The molecule has 0 aliphatic heterocycles. The monoisotopic (exact) mass is 265 g/mol. The molecule has 0 radical (unpaired) electrons. The van der Waals surface area contributed by atoms with E-state index in [1.165, 1.54) is 0 Å². The molecule has 0 saturated heterocycles. The third-order valence-corrected chi connectivity index (χ3v) is 2.84. The number of rotatable bonds is 7. The van der Waals surface area contributed by atoms with Crippen molar-refractivity contribution in [1.82, 2.24) is 9.97 Å². The van der Waals surface area contributed by atoms with Crippen LogP contribution in [0, 0.1) is 12.8 Å². The number of aromatic nitrogens is 2. The summed E-state index contributed by atoms with van der Waals surface area (Å²) in [7, 11) is 0. The number of anilines is 2.